The van der Waals surface area contributed by atoms with Crippen LogP contribution in [0, 0.1) is 0 Å². The number of carbonyl (C=O) groups is 3. The molecule has 2 atom stereocenters. The van der Waals surface area contributed by atoms with E-state index in [9.17, 15) is 24.6 Å². The Morgan fingerprint density at radius 3 is 1.64 bits per heavy atom. The molecule has 9 rings (SSSR count). The maximum atomic E-state index is 12.9. The molecule has 70 heavy (non-hydrogen) atoms. The number of anilines is 2. The fourth-order valence-electron chi connectivity index (χ4n) is 7.91. The molecule has 3 aliphatic heterocycles. The monoisotopic (exact) mass is 1020 g/mol. The van der Waals surface area contributed by atoms with Crippen molar-refractivity contribution in [3.8, 4) is 11.1 Å². The van der Waals surface area contributed by atoms with Crippen molar-refractivity contribution in [2.24, 2.45) is 0 Å². The van der Waals surface area contributed by atoms with Gasteiger partial charge in [-0.25, -0.2) is 14.4 Å². The first-order chi connectivity index (χ1) is 32.9. The molecule has 6 aromatic rings. The van der Waals surface area contributed by atoms with E-state index >= 15 is 0 Å². The largest absolute Gasteiger partial charge is 0.498 e. The Labute approximate surface area is 419 Å². The first-order valence-electron chi connectivity index (χ1n) is 22.8. The quantitative estimate of drug-likeness (QED) is 0.112. The third-order valence-electron chi connectivity index (χ3n) is 12.2. The van der Waals surface area contributed by atoms with Crippen LogP contribution in [-0.2, 0) is 27.1 Å². The van der Waals surface area contributed by atoms with Crippen LogP contribution in [0.5, 0.6) is 0 Å². The molecule has 3 N–H and O–H groups in total. The van der Waals surface area contributed by atoms with E-state index in [1.807, 2.05) is 164 Å². The molecule has 16 nitrogen and oxygen atoms in total. The summed E-state index contributed by atoms with van der Waals surface area (Å²) in [6.07, 6.45) is 6.20. The highest BCUT2D eigenvalue weighted by atomic mass is 79.9. The third kappa shape index (κ3) is 12.7. The second kappa shape index (κ2) is 22.6. The summed E-state index contributed by atoms with van der Waals surface area (Å²) in [5.74, 6) is 0. The van der Waals surface area contributed by atoms with Crippen LogP contribution in [0.15, 0.2) is 138 Å². The number of ether oxygens (including phenoxy) is 1. The lowest BCUT2D eigenvalue weighted by atomic mass is 9.82. The lowest BCUT2D eigenvalue weighted by Crippen LogP contribution is -2.41. The van der Waals surface area contributed by atoms with Crippen LogP contribution in [0.1, 0.15) is 67.0 Å². The van der Waals surface area contributed by atoms with Crippen molar-refractivity contribution < 1.29 is 38.6 Å². The number of halogens is 1. The van der Waals surface area contributed by atoms with Crippen molar-refractivity contribution in [1.82, 2.24) is 29.8 Å². The Hall–Kier alpha value is -6.31. The van der Waals surface area contributed by atoms with Crippen LogP contribution in [0.25, 0.3) is 11.1 Å². The zero-order valence-electron chi connectivity index (χ0n) is 40.0. The lowest BCUT2D eigenvalue weighted by molar-refractivity contribution is 0.00578. The Bertz CT molecular complexity index is 2610. The molecule has 2 unspecified atom stereocenters. The number of benzene rings is 4. The van der Waals surface area contributed by atoms with E-state index in [1.165, 1.54) is 0 Å². The second-order valence-electron chi connectivity index (χ2n) is 19.0. The van der Waals surface area contributed by atoms with Gasteiger partial charge in [0.15, 0.2) is 0 Å². The molecule has 4 aromatic carbocycles. The normalized spacial score (nSPS) is 18.2. The van der Waals surface area contributed by atoms with E-state index in [0.717, 1.165) is 42.8 Å². The minimum absolute atomic E-state index is 0. The molecule has 0 radical (unpaired) electrons. The zero-order chi connectivity index (χ0) is 49.5. The Balaban J connectivity index is 0.000000172. The maximum absolute atomic E-state index is 12.9. The van der Waals surface area contributed by atoms with Gasteiger partial charge in [-0.2, -0.15) is 14.9 Å². The molecule has 4 amide bonds. The molecule has 5 heterocycles. The van der Waals surface area contributed by atoms with Crippen LogP contribution in [0.2, 0.25) is 0 Å². The average Bonchev–Trinajstić information content (AvgIpc) is 4.17. The molecule has 3 fully saturated rings. The molecule has 0 aliphatic carbocycles. The van der Waals surface area contributed by atoms with Crippen LogP contribution in [-0.4, -0.2) is 120 Å². The molecular formula is C52H64BBrN8O8. The predicted octanol–water partition coefficient (Wildman–Crippen LogP) is 8.73. The number of aromatic nitrogens is 4. The van der Waals surface area contributed by atoms with Crippen molar-refractivity contribution in [3.05, 3.63) is 150 Å². The summed E-state index contributed by atoms with van der Waals surface area (Å²) in [4.78, 5) is 44.5. The highest BCUT2D eigenvalue weighted by Gasteiger charge is 2.52. The smallest absolute Gasteiger partial charge is 0.442 e. The summed E-state index contributed by atoms with van der Waals surface area (Å²) in [5, 5.41) is 30.2. The van der Waals surface area contributed by atoms with Crippen molar-refractivity contribution in [2.45, 2.75) is 97.9 Å². The van der Waals surface area contributed by atoms with Crippen molar-refractivity contribution >= 4 is 58.0 Å². The van der Waals surface area contributed by atoms with E-state index < -0.39 is 30.0 Å². The van der Waals surface area contributed by atoms with Crippen molar-refractivity contribution in [2.75, 3.05) is 36.1 Å². The van der Waals surface area contributed by atoms with Gasteiger partial charge in [-0.1, -0.05) is 96.2 Å². The van der Waals surface area contributed by atoms with E-state index in [1.54, 1.807) is 38.2 Å². The van der Waals surface area contributed by atoms with Gasteiger partial charge in [0.05, 0.1) is 42.7 Å². The maximum Gasteiger partial charge on any atom is 0.498 e. The number of aromatic amines is 1. The highest BCUT2D eigenvalue weighted by molar-refractivity contribution is 9.10. The number of hydrogen-bond donors (Lipinski definition) is 3. The SMILES string of the molecule is C.CC(C)(C)OC(=O)n1cc(B2OC(C)(C)C(C)(C)O2)cn1.O=C1N(Cc2ccccc2)CC(CO)N1c1ccc(-c2cn[nH]c2)cc1.O=C1N(Cc2ccccc2)CC(CO)N1c1ccc(Br)cc1. The molecular weight excluding hydrogens is 955 g/mol. The number of urea groups is 2. The second-order valence-corrected chi connectivity index (χ2v) is 19.9. The van der Waals surface area contributed by atoms with Gasteiger partial charge in [0, 0.05) is 71.6 Å². The highest BCUT2D eigenvalue weighted by Crippen LogP contribution is 2.36. The van der Waals surface area contributed by atoms with E-state index in [-0.39, 0.29) is 44.8 Å². The van der Waals surface area contributed by atoms with Gasteiger partial charge in [-0.05, 0) is 102 Å². The minimum Gasteiger partial charge on any atom is -0.442 e. The van der Waals surface area contributed by atoms with Crippen LogP contribution >= 0.6 is 15.9 Å². The fourth-order valence-corrected chi connectivity index (χ4v) is 8.17. The topological polar surface area (TPSA) is 179 Å². The first kappa shape index (κ1) is 53.1. The summed E-state index contributed by atoms with van der Waals surface area (Å²) in [7, 11) is -0.536. The van der Waals surface area contributed by atoms with Crippen LogP contribution < -0.4 is 15.3 Å². The lowest BCUT2D eigenvalue weighted by Gasteiger charge is -2.32. The predicted molar refractivity (Wildman–Crippen MR) is 276 cm³/mol. The van der Waals surface area contributed by atoms with Crippen molar-refractivity contribution in [3.63, 3.8) is 0 Å². The number of nitrogens with one attached hydrogen (secondary N) is 1. The first-order valence-corrected chi connectivity index (χ1v) is 23.6. The summed E-state index contributed by atoms with van der Waals surface area (Å²) < 4.78 is 19.2. The van der Waals surface area contributed by atoms with Gasteiger partial charge in [0.25, 0.3) is 0 Å². The molecule has 370 valence electrons. The fraction of sp³-hybridized carbons (Fsp3) is 0.365. The molecule has 18 heteroatoms. The van der Waals surface area contributed by atoms with E-state index in [4.69, 9.17) is 14.0 Å². The van der Waals surface area contributed by atoms with Crippen LogP contribution in [0.4, 0.5) is 25.8 Å². The number of H-pyrrole nitrogens is 1. The number of hydrogen-bond acceptors (Lipinski definition) is 10. The zero-order valence-corrected chi connectivity index (χ0v) is 41.6. The number of carbonyl (C=O) groups excluding carboxylic acids is 3. The standard InChI is InChI=1S/C20H20N4O2.C17H17BrN2O2.C14H23BN2O4.CH4/c25-14-19-13-23(12-15-4-2-1-3-5-15)20(26)24(19)18-8-6-16(7-9-18)17-10-21-22-11-17;18-14-6-8-15(9-7-14)20-16(12-21)11-19(17(20)22)10-13-4-2-1-3-5-13;1-12(2,3)19-11(18)17-9-10(8-16-17)15-20-13(4,5)14(6,7)21-15;/h1-11,19,25H,12-14H2,(H,21,22);1-9,16,21H,10-12H2;8-9H,1-7H3;1H4. The van der Waals surface area contributed by atoms with Gasteiger partial charge in [-0.15, -0.1) is 0 Å². The van der Waals surface area contributed by atoms with Gasteiger partial charge < -0.3 is 34.1 Å². The van der Waals surface area contributed by atoms with Gasteiger partial charge in [0.1, 0.15) is 5.60 Å². The molecule has 0 bridgehead atoms. The molecule has 0 spiro atoms. The number of amides is 4. The summed E-state index contributed by atoms with van der Waals surface area (Å²) in [6, 6.07) is 34.5. The van der Waals surface area contributed by atoms with E-state index in [2.05, 4.69) is 31.2 Å². The third-order valence-corrected chi connectivity index (χ3v) is 12.7. The summed E-state index contributed by atoms with van der Waals surface area (Å²) in [6.45, 7) is 15.4. The van der Waals surface area contributed by atoms with Crippen molar-refractivity contribution in [1.29, 1.82) is 0 Å². The number of aliphatic hydroxyl groups excluding tert-OH is 2. The van der Waals surface area contributed by atoms with Gasteiger partial charge >= 0.3 is 25.3 Å². The summed E-state index contributed by atoms with van der Waals surface area (Å²) in [5.41, 5.74) is 5.06. The van der Waals surface area contributed by atoms with Gasteiger partial charge in [-0.3, -0.25) is 14.9 Å². The van der Waals surface area contributed by atoms with Crippen LogP contribution in [0.3, 0.4) is 0 Å². The Morgan fingerprint density at radius 1 is 0.743 bits per heavy atom. The Kier molecular flexibility index (Phi) is 17.1. The molecule has 2 aromatic heterocycles. The molecule has 3 saturated heterocycles. The molecule has 0 saturated carbocycles. The van der Waals surface area contributed by atoms with Gasteiger partial charge in [0.2, 0.25) is 0 Å². The average molecular weight is 1020 g/mol. The minimum atomic E-state index is -0.562. The number of rotatable bonds is 10. The Morgan fingerprint density at radius 2 is 1.21 bits per heavy atom. The number of aliphatic hydroxyl groups is 2. The summed E-state index contributed by atoms with van der Waals surface area (Å²) >= 11 is 3.39. The van der Waals surface area contributed by atoms with E-state index in [0.29, 0.717) is 31.6 Å². The molecule has 3 aliphatic rings. The number of nitrogens with zero attached hydrogens (tertiary/aromatic N) is 7.